The molecule has 23 heavy (non-hydrogen) atoms. The number of hydrogen-bond acceptors (Lipinski definition) is 6. The lowest BCUT2D eigenvalue weighted by atomic mass is 10.1. The van der Waals surface area contributed by atoms with Crippen LogP contribution in [-0.2, 0) is 9.84 Å². The third kappa shape index (κ3) is 3.74. The third-order valence-electron chi connectivity index (χ3n) is 3.70. The number of sulfone groups is 1. The van der Waals surface area contributed by atoms with Gasteiger partial charge in [-0.25, -0.2) is 8.42 Å². The zero-order valence-corrected chi connectivity index (χ0v) is 13.9. The highest BCUT2D eigenvalue weighted by molar-refractivity contribution is 7.99. The number of nitro groups is 1. The lowest BCUT2D eigenvalue weighted by Gasteiger charge is -2.28. The van der Waals surface area contributed by atoms with Crippen molar-refractivity contribution in [3.8, 4) is 0 Å². The molecular weight excluding hydrogens is 350 g/mol. The van der Waals surface area contributed by atoms with Gasteiger partial charge in [0.25, 0.3) is 5.69 Å². The van der Waals surface area contributed by atoms with Crippen molar-refractivity contribution in [1.29, 1.82) is 0 Å². The van der Waals surface area contributed by atoms with Crippen LogP contribution in [0.3, 0.4) is 0 Å². The third-order valence-corrected chi connectivity index (χ3v) is 6.08. The summed E-state index contributed by atoms with van der Waals surface area (Å²) in [6, 6.07) is 3.03. The van der Waals surface area contributed by atoms with E-state index in [0.717, 1.165) is 30.1 Å². The molecule has 1 aromatic rings. The first-order valence-electron chi connectivity index (χ1n) is 6.90. The fourth-order valence-corrected chi connectivity index (χ4v) is 4.20. The van der Waals surface area contributed by atoms with Gasteiger partial charge in [-0.15, -0.1) is 0 Å². The smallest absolute Gasteiger partial charge is 0.341 e. The van der Waals surface area contributed by atoms with Gasteiger partial charge >= 0.3 is 5.76 Å². The van der Waals surface area contributed by atoms with Crippen molar-refractivity contribution >= 4 is 33.0 Å². The molecule has 1 aliphatic heterocycles. The van der Waals surface area contributed by atoms with E-state index in [0.29, 0.717) is 6.54 Å². The predicted molar refractivity (Wildman–Crippen MR) is 85.0 cm³/mol. The largest absolute Gasteiger partial charge is 0.362 e. The van der Waals surface area contributed by atoms with Gasteiger partial charge in [0.1, 0.15) is 5.69 Å². The number of thioether (sulfide) groups is 1. The van der Waals surface area contributed by atoms with Gasteiger partial charge in [0, 0.05) is 24.4 Å². The average Bonchev–Trinajstić information content (AvgIpc) is 2.70. The molecule has 1 aliphatic rings. The molecule has 6 nitrogen and oxygen atoms in total. The van der Waals surface area contributed by atoms with Gasteiger partial charge in [0.05, 0.1) is 9.82 Å². The predicted octanol–water partition coefficient (Wildman–Crippen LogP) is 2.92. The second-order valence-corrected chi connectivity index (χ2v) is 8.30. The summed E-state index contributed by atoms with van der Waals surface area (Å²) >= 11 is 1.74. The monoisotopic (exact) mass is 366 g/mol. The van der Waals surface area contributed by atoms with E-state index in [1.807, 2.05) is 11.8 Å². The van der Waals surface area contributed by atoms with Crippen LogP contribution in [0.25, 0.3) is 0 Å². The zero-order valence-electron chi connectivity index (χ0n) is 12.3. The average molecular weight is 366 g/mol. The van der Waals surface area contributed by atoms with Gasteiger partial charge < -0.3 is 4.90 Å². The first-order valence-corrected chi connectivity index (χ1v) is 9.60. The Balaban J connectivity index is 2.51. The number of nitro benzene ring substituents is 1. The van der Waals surface area contributed by atoms with Crippen LogP contribution < -0.4 is 4.90 Å². The van der Waals surface area contributed by atoms with Gasteiger partial charge in [0.15, 0.2) is 0 Å². The maximum Gasteiger partial charge on any atom is 0.341 e. The van der Waals surface area contributed by atoms with Crippen LogP contribution in [0.4, 0.5) is 20.2 Å². The van der Waals surface area contributed by atoms with Gasteiger partial charge in [0.2, 0.25) is 9.84 Å². The first-order chi connectivity index (χ1) is 10.7. The molecule has 0 radical (unpaired) electrons. The minimum Gasteiger partial charge on any atom is -0.362 e. The molecule has 1 atom stereocenters. The van der Waals surface area contributed by atoms with Crippen molar-refractivity contribution in [2.24, 2.45) is 0 Å². The summed E-state index contributed by atoms with van der Waals surface area (Å²) in [6.07, 6.45) is 0.832. The zero-order chi connectivity index (χ0) is 17.2. The van der Waals surface area contributed by atoms with Crippen LogP contribution in [0.15, 0.2) is 23.1 Å². The van der Waals surface area contributed by atoms with Crippen LogP contribution >= 0.6 is 11.8 Å². The minimum absolute atomic E-state index is 0.0428. The first kappa shape index (κ1) is 17.9. The minimum atomic E-state index is -4.86. The van der Waals surface area contributed by atoms with E-state index in [4.69, 9.17) is 0 Å². The van der Waals surface area contributed by atoms with E-state index in [1.54, 1.807) is 11.8 Å². The molecule has 0 aliphatic carbocycles. The fraction of sp³-hybridized carbons (Fsp3) is 0.538. The molecule has 1 aromatic carbocycles. The van der Waals surface area contributed by atoms with E-state index in [-0.39, 0.29) is 11.7 Å². The maximum absolute atomic E-state index is 12.6. The van der Waals surface area contributed by atoms with Gasteiger partial charge in [-0.3, -0.25) is 10.1 Å². The number of halogens is 2. The molecule has 0 spiro atoms. The Hall–Kier alpha value is -1.42. The molecule has 128 valence electrons. The SMILES string of the molecule is CC1CCSCCN1c1ccc(S(=O)(=O)C(F)F)cc1[N+](=O)[O-]. The van der Waals surface area contributed by atoms with Crippen LogP contribution in [-0.4, -0.2) is 43.2 Å². The van der Waals surface area contributed by atoms with Crippen LogP contribution in [0.1, 0.15) is 13.3 Å². The van der Waals surface area contributed by atoms with Crippen molar-refractivity contribution in [3.63, 3.8) is 0 Å². The highest BCUT2D eigenvalue weighted by Crippen LogP contribution is 2.35. The molecular formula is C13H16F2N2O4S2. The number of hydrogen-bond donors (Lipinski definition) is 0. The normalized spacial score (nSPS) is 19.7. The molecule has 0 N–H and O–H groups in total. The Morgan fingerprint density at radius 2 is 2.09 bits per heavy atom. The molecule has 0 aromatic heterocycles. The number of alkyl halides is 2. The molecule has 0 bridgehead atoms. The van der Waals surface area contributed by atoms with E-state index in [1.165, 1.54) is 6.07 Å². The number of nitrogens with zero attached hydrogens (tertiary/aromatic N) is 2. The number of benzene rings is 1. The molecule has 1 fully saturated rings. The summed E-state index contributed by atoms with van der Waals surface area (Å²) in [5, 5.41) is 11.3. The Morgan fingerprint density at radius 1 is 1.39 bits per heavy atom. The highest BCUT2D eigenvalue weighted by atomic mass is 32.2. The van der Waals surface area contributed by atoms with Crippen molar-refractivity contribution in [3.05, 3.63) is 28.3 Å². The summed E-state index contributed by atoms with van der Waals surface area (Å²) in [6.45, 7) is 2.51. The second kappa shape index (κ2) is 7.00. The molecule has 1 saturated heterocycles. The van der Waals surface area contributed by atoms with Gasteiger partial charge in [-0.05, 0) is 31.2 Å². The van der Waals surface area contributed by atoms with Crippen molar-refractivity contribution in [2.45, 2.75) is 30.0 Å². The van der Waals surface area contributed by atoms with Crippen molar-refractivity contribution < 1.29 is 22.1 Å². The standard InChI is InChI=1S/C13H16F2N2O4S2/c1-9-4-6-22-7-5-16(9)11-3-2-10(8-12(11)17(18)19)23(20,21)13(14)15/h2-3,8-9,13H,4-7H2,1H3. The Bertz CT molecular complexity index is 697. The molecule has 0 amide bonds. The van der Waals surface area contributed by atoms with Crippen LogP contribution in [0.2, 0.25) is 0 Å². The highest BCUT2D eigenvalue weighted by Gasteiger charge is 2.31. The molecule has 0 saturated carbocycles. The van der Waals surface area contributed by atoms with E-state index >= 15 is 0 Å². The van der Waals surface area contributed by atoms with Crippen molar-refractivity contribution in [1.82, 2.24) is 0 Å². The molecule has 1 heterocycles. The Labute approximate surface area is 136 Å². The van der Waals surface area contributed by atoms with Gasteiger partial charge in [-0.1, -0.05) is 0 Å². The summed E-state index contributed by atoms with van der Waals surface area (Å²) in [4.78, 5) is 11.7. The summed E-state index contributed by atoms with van der Waals surface area (Å²) in [5.41, 5.74) is -0.205. The quantitative estimate of drug-likeness (QED) is 0.602. The van der Waals surface area contributed by atoms with Crippen LogP contribution in [0, 0.1) is 10.1 Å². The fourth-order valence-electron chi connectivity index (χ4n) is 2.43. The van der Waals surface area contributed by atoms with Crippen LogP contribution in [0.5, 0.6) is 0 Å². The Morgan fingerprint density at radius 3 is 2.70 bits per heavy atom. The van der Waals surface area contributed by atoms with Crippen molar-refractivity contribution in [2.75, 3.05) is 23.0 Å². The van der Waals surface area contributed by atoms with E-state index in [2.05, 4.69) is 0 Å². The lowest BCUT2D eigenvalue weighted by Crippen LogP contribution is -2.34. The van der Waals surface area contributed by atoms with Gasteiger partial charge in [-0.2, -0.15) is 20.5 Å². The molecule has 1 unspecified atom stereocenters. The van der Waals surface area contributed by atoms with E-state index in [9.17, 15) is 27.3 Å². The maximum atomic E-state index is 12.6. The second-order valence-electron chi connectivity index (χ2n) is 5.16. The topological polar surface area (TPSA) is 80.5 Å². The lowest BCUT2D eigenvalue weighted by molar-refractivity contribution is -0.384. The summed E-state index contributed by atoms with van der Waals surface area (Å²) < 4.78 is 48.3. The molecule has 2 rings (SSSR count). The number of rotatable bonds is 4. The summed E-state index contributed by atoms with van der Waals surface area (Å²) in [5.74, 6) is -1.89. The Kier molecular flexibility index (Phi) is 5.45. The number of anilines is 1. The van der Waals surface area contributed by atoms with E-state index < -0.39 is 31.1 Å². The molecule has 10 heteroatoms. The summed E-state index contributed by atoms with van der Waals surface area (Å²) in [7, 11) is -4.86.